The van der Waals surface area contributed by atoms with Gasteiger partial charge in [-0.15, -0.1) is 0 Å². The number of amides is 1. The molecule has 0 N–H and O–H groups in total. The SMILES string of the molecule is CCCCCCCC/C=C\CCCCCCCC(=O)N(C)CCS(=O)[O-].[Na+]. The summed E-state index contributed by atoms with van der Waals surface area (Å²) in [7, 11) is 1.67. The first-order valence-corrected chi connectivity index (χ1v) is 11.8. The third kappa shape index (κ3) is 22.5. The van der Waals surface area contributed by atoms with Gasteiger partial charge in [0.1, 0.15) is 0 Å². The first-order valence-electron chi connectivity index (χ1n) is 10.5. The average Bonchev–Trinajstić information content (AvgIpc) is 2.62. The third-order valence-electron chi connectivity index (χ3n) is 4.67. The van der Waals surface area contributed by atoms with Crippen LogP contribution in [0.25, 0.3) is 0 Å². The zero-order valence-electron chi connectivity index (χ0n) is 18.0. The van der Waals surface area contributed by atoms with Crippen LogP contribution in [-0.2, 0) is 15.9 Å². The molecule has 0 aromatic carbocycles. The van der Waals surface area contributed by atoms with Crippen molar-refractivity contribution in [3.05, 3.63) is 12.2 Å². The Kier molecular flexibility index (Phi) is 24.7. The van der Waals surface area contributed by atoms with Gasteiger partial charge in [0.2, 0.25) is 5.91 Å². The van der Waals surface area contributed by atoms with Crippen molar-refractivity contribution >= 4 is 17.0 Å². The van der Waals surface area contributed by atoms with Crippen molar-refractivity contribution in [1.29, 1.82) is 0 Å². The smallest absolute Gasteiger partial charge is 0.772 e. The van der Waals surface area contributed by atoms with E-state index in [0.717, 1.165) is 12.8 Å². The Labute approximate surface area is 192 Å². The van der Waals surface area contributed by atoms with Crippen molar-refractivity contribution in [3.63, 3.8) is 0 Å². The van der Waals surface area contributed by atoms with Crippen molar-refractivity contribution < 1.29 is 43.1 Å². The maximum Gasteiger partial charge on any atom is 1.00 e. The van der Waals surface area contributed by atoms with Crippen LogP contribution in [-0.4, -0.2) is 38.9 Å². The number of allylic oxidation sites excluding steroid dienone is 2. The number of hydrogen-bond donors (Lipinski definition) is 0. The summed E-state index contributed by atoms with van der Waals surface area (Å²) < 4.78 is 21.0. The van der Waals surface area contributed by atoms with Crippen LogP contribution < -0.4 is 29.6 Å². The van der Waals surface area contributed by atoms with Gasteiger partial charge in [-0.2, -0.15) is 0 Å². The molecule has 1 amide bonds. The summed E-state index contributed by atoms with van der Waals surface area (Å²) in [6, 6.07) is 0. The van der Waals surface area contributed by atoms with E-state index in [4.69, 9.17) is 0 Å². The van der Waals surface area contributed by atoms with Crippen LogP contribution in [0, 0.1) is 0 Å². The molecule has 4 nitrogen and oxygen atoms in total. The summed E-state index contributed by atoms with van der Waals surface area (Å²) in [5, 5.41) is 0. The molecule has 27 heavy (non-hydrogen) atoms. The average molecular weight is 410 g/mol. The maximum atomic E-state index is 11.8. The van der Waals surface area contributed by atoms with E-state index < -0.39 is 11.1 Å². The fraction of sp³-hybridized carbons (Fsp3) is 0.857. The predicted molar refractivity (Wildman–Crippen MR) is 111 cm³/mol. The quantitative estimate of drug-likeness (QED) is 0.151. The fourth-order valence-electron chi connectivity index (χ4n) is 2.87. The van der Waals surface area contributed by atoms with E-state index in [2.05, 4.69) is 19.1 Å². The minimum atomic E-state index is -2.07. The van der Waals surface area contributed by atoms with Gasteiger partial charge in [-0.3, -0.25) is 9.00 Å². The molecule has 0 bridgehead atoms. The molecule has 0 aromatic heterocycles. The topological polar surface area (TPSA) is 60.4 Å². The van der Waals surface area contributed by atoms with Crippen LogP contribution in [0.15, 0.2) is 12.2 Å². The number of nitrogens with zero attached hydrogens (tertiary/aromatic N) is 1. The van der Waals surface area contributed by atoms with E-state index in [-0.39, 0.29) is 41.2 Å². The van der Waals surface area contributed by atoms with E-state index in [0.29, 0.717) is 13.0 Å². The summed E-state index contributed by atoms with van der Waals surface area (Å²) in [6.45, 7) is 2.55. The van der Waals surface area contributed by atoms with Crippen LogP contribution in [0.2, 0.25) is 0 Å². The molecule has 6 heteroatoms. The molecule has 0 saturated carbocycles. The molecule has 0 heterocycles. The fourth-order valence-corrected chi connectivity index (χ4v) is 3.30. The van der Waals surface area contributed by atoms with Crippen LogP contribution in [0.4, 0.5) is 0 Å². The zero-order valence-corrected chi connectivity index (χ0v) is 20.9. The molecule has 0 radical (unpaired) electrons. The van der Waals surface area contributed by atoms with Crippen molar-refractivity contribution in [2.45, 2.75) is 96.8 Å². The van der Waals surface area contributed by atoms with E-state index in [1.165, 1.54) is 75.5 Å². The largest absolute Gasteiger partial charge is 1.00 e. The van der Waals surface area contributed by atoms with E-state index in [1.807, 2.05) is 0 Å². The minimum Gasteiger partial charge on any atom is -0.772 e. The molecule has 0 spiro atoms. The monoisotopic (exact) mass is 409 g/mol. The van der Waals surface area contributed by atoms with Gasteiger partial charge < -0.3 is 9.45 Å². The second-order valence-corrected chi connectivity index (χ2v) is 8.17. The molecule has 1 atom stereocenters. The van der Waals surface area contributed by atoms with Crippen molar-refractivity contribution in [1.82, 2.24) is 4.90 Å². The Bertz CT molecular complexity index is 392. The first-order chi connectivity index (χ1) is 12.6. The first kappa shape index (κ1) is 29.5. The molecule has 0 fully saturated rings. The van der Waals surface area contributed by atoms with Crippen molar-refractivity contribution in [2.75, 3.05) is 19.3 Å². The standard InChI is InChI=1S/C21H41NO3S.Na/c1-3-4-5-6-7-8-9-10-11-12-13-14-15-16-17-18-21(23)22(2)19-20-26(24)25;/h10-11H,3-9,12-20H2,1-2H3,(H,24,25);/q;+1/p-1/b11-10-;. The second-order valence-electron chi connectivity index (χ2n) is 7.16. The molecule has 0 aliphatic rings. The van der Waals surface area contributed by atoms with Gasteiger partial charge >= 0.3 is 29.6 Å². The summed E-state index contributed by atoms with van der Waals surface area (Å²) in [5.41, 5.74) is 0. The van der Waals surface area contributed by atoms with Gasteiger partial charge in [-0.1, -0.05) is 81.5 Å². The maximum absolute atomic E-state index is 11.8. The number of hydrogen-bond acceptors (Lipinski definition) is 3. The number of carbonyl (C=O) groups excluding carboxylic acids is 1. The molecule has 0 aliphatic carbocycles. The van der Waals surface area contributed by atoms with Crippen LogP contribution >= 0.6 is 0 Å². The Morgan fingerprint density at radius 3 is 1.89 bits per heavy atom. The summed E-state index contributed by atoms with van der Waals surface area (Å²) >= 11 is -2.07. The van der Waals surface area contributed by atoms with Gasteiger partial charge in [-0.25, -0.2) is 0 Å². The second kappa shape index (κ2) is 22.6. The van der Waals surface area contributed by atoms with E-state index in [9.17, 15) is 13.6 Å². The van der Waals surface area contributed by atoms with Gasteiger partial charge in [0.15, 0.2) is 0 Å². The molecular weight excluding hydrogens is 369 g/mol. The number of unbranched alkanes of at least 4 members (excludes halogenated alkanes) is 11. The zero-order chi connectivity index (χ0) is 19.5. The number of carbonyl (C=O) groups is 1. The van der Waals surface area contributed by atoms with Crippen LogP contribution in [0.3, 0.4) is 0 Å². The molecule has 0 saturated heterocycles. The van der Waals surface area contributed by atoms with Crippen molar-refractivity contribution in [3.8, 4) is 0 Å². The molecule has 0 aliphatic heterocycles. The summed E-state index contributed by atoms with van der Waals surface area (Å²) in [5.74, 6) is 0.0716. The van der Waals surface area contributed by atoms with Crippen LogP contribution in [0.5, 0.6) is 0 Å². The molecule has 1 unspecified atom stereocenters. The van der Waals surface area contributed by atoms with E-state index in [1.54, 1.807) is 7.05 Å². The van der Waals surface area contributed by atoms with Gasteiger partial charge in [0, 0.05) is 25.8 Å². The van der Waals surface area contributed by atoms with E-state index >= 15 is 0 Å². The Hall–Kier alpha value is 0.320. The summed E-state index contributed by atoms with van der Waals surface area (Å²) in [4.78, 5) is 13.3. The Morgan fingerprint density at radius 1 is 0.889 bits per heavy atom. The molecule has 0 rings (SSSR count). The minimum absolute atomic E-state index is 0. The van der Waals surface area contributed by atoms with Gasteiger partial charge in [0.05, 0.1) is 0 Å². The summed E-state index contributed by atoms with van der Waals surface area (Å²) in [6.07, 6.45) is 21.4. The van der Waals surface area contributed by atoms with Crippen LogP contribution in [0.1, 0.15) is 96.8 Å². The molecular formula is C21H40NNaO3S. The Balaban J connectivity index is 0. The number of rotatable bonds is 18. The third-order valence-corrected chi connectivity index (χ3v) is 5.19. The van der Waals surface area contributed by atoms with Gasteiger partial charge in [0.25, 0.3) is 0 Å². The predicted octanol–water partition coefficient (Wildman–Crippen LogP) is 2.37. The van der Waals surface area contributed by atoms with Gasteiger partial charge in [-0.05, 0) is 32.1 Å². The molecule has 0 aromatic rings. The Morgan fingerprint density at radius 2 is 1.37 bits per heavy atom. The molecule has 154 valence electrons. The normalized spacial score (nSPS) is 12.1. The van der Waals surface area contributed by atoms with Crippen molar-refractivity contribution in [2.24, 2.45) is 0 Å².